The van der Waals surface area contributed by atoms with Gasteiger partial charge in [-0.2, -0.15) is 0 Å². The van der Waals surface area contributed by atoms with Gasteiger partial charge in [0.25, 0.3) is 0 Å². The standard InChI is InChI=1S/C16H26N2O/c1-6-12-7-9-13(10-8-12)15(2,3)11-18-14(19)16(4,5)17/h7-10H,6,11,17H2,1-5H3,(H,18,19). The molecule has 0 saturated carbocycles. The third-order valence-corrected chi connectivity index (χ3v) is 3.42. The average molecular weight is 262 g/mol. The summed E-state index contributed by atoms with van der Waals surface area (Å²) >= 11 is 0. The molecule has 0 unspecified atom stereocenters. The van der Waals surface area contributed by atoms with E-state index in [0.717, 1.165) is 6.42 Å². The highest BCUT2D eigenvalue weighted by Crippen LogP contribution is 2.23. The van der Waals surface area contributed by atoms with Gasteiger partial charge in [0.1, 0.15) is 0 Å². The number of amides is 1. The lowest BCUT2D eigenvalue weighted by molar-refractivity contribution is -0.125. The van der Waals surface area contributed by atoms with Crippen molar-refractivity contribution >= 4 is 5.91 Å². The Morgan fingerprint density at radius 3 is 2.11 bits per heavy atom. The molecule has 3 nitrogen and oxygen atoms in total. The first-order valence-corrected chi connectivity index (χ1v) is 6.83. The highest BCUT2D eigenvalue weighted by atomic mass is 16.2. The van der Waals surface area contributed by atoms with Crippen molar-refractivity contribution in [3.8, 4) is 0 Å². The lowest BCUT2D eigenvalue weighted by Gasteiger charge is -2.28. The van der Waals surface area contributed by atoms with Gasteiger partial charge in [0.15, 0.2) is 0 Å². The predicted molar refractivity (Wildman–Crippen MR) is 80.1 cm³/mol. The molecule has 0 aliphatic rings. The molecule has 0 radical (unpaired) electrons. The van der Waals surface area contributed by atoms with E-state index in [9.17, 15) is 4.79 Å². The van der Waals surface area contributed by atoms with Crippen LogP contribution in [0.4, 0.5) is 0 Å². The molecule has 1 amide bonds. The number of hydrogen-bond donors (Lipinski definition) is 2. The zero-order chi connectivity index (χ0) is 14.7. The number of hydrogen-bond acceptors (Lipinski definition) is 2. The first-order chi connectivity index (χ1) is 8.66. The summed E-state index contributed by atoms with van der Waals surface area (Å²) in [6, 6.07) is 8.56. The van der Waals surface area contributed by atoms with Crippen LogP contribution in [0.5, 0.6) is 0 Å². The van der Waals surface area contributed by atoms with Crippen LogP contribution in [-0.2, 0) is 16.6 Å². The van der Waals surface area contributed by atoms with E-state index < -0.39 is 5.54 Å². The van der Waals surface area contributed by atoms with E-state index in [1.54, 1.807) is 13.8 Å². The summed E-state index contributed by atoms with van der Waals surface area (Å²) < 4.78 is 0. The van der Waals surface area contributed by atoms with Crippen LogP contribution in [0.3, 0.4) is 0 Å². The molecule has 0 bridgehead atoms. The van der Waals surface area contributed by atoms with Gasteiger partial charge in [0.05, 0.1) is 5.54 Å². The van der Waals surface area contributed by atoms with Gasteiger partial charge < -0.3 is 11.1 Å². The summed E-state index contributed by atoms with van der Waals surface area (Å²) in [5, 5.41) is 2.93. The molecule has 3 heteroatoms. The summed E-state index contributed by atoms with van der Waals surface area (Å²) in [6.45, 7) is 10.4. The molecule has 1 aromatic rings. The number of nitrogens with two attached hydrogens (primary N) is 1. The molecule has 1 rings (SSSR count). The zero-order valence-electron chi connectivity index (χ0n) is 12.7. The minimum Gasteiger partial charge on any atom is -0.354 e. The zero-order valence-corrected chi connectivity index (χ0v) is 12.7. The van der Waals surface area contributed by atoms with Crippen LogP contribution in [0.2, 0.25) is 0 Å². The van der Waals surface area contributed by atoms with Crippen LogP contribution in [-0.4, -0.2) is 18.0 Å². The molecule has 0 aliphatic carbocycles. The molecule has 0 aliphatic heterocycles. The molecular formula is C16H26N2O. The van der Waals surface area contributed by atoms with E-state index in [-0.39, 0.29) is 11.3 Å². The molecule has 0 spiro atoms. The Hall–Kier alpha value is -1.35. The Kier molecular flexibility index (Phi) is 4.75. The minimum atomic E-state index is -0.831. The van der Waals surface area contributed by atoms with E-state index in [1.165, 1.54) is 11.1 Å². The first kappa shape index (κ1) is 15.7. The van der Waals surface area contributed by atoms with Crippen molar-refractivity contribution in [2.24, 2.45) is 5.73 Å². The molecule has 0 fully saturated rings. The SMILES string of the molecule is CCc1ccc(C(C)(C)CNC(=O)C(C)(C)N)cc1. The van der Waals surface area contributed by atoms with Crippen LogP contribution in [0.1, 0.15) is 45.7 Å². The van der Waals surface area contributed by atoms with Crippen molar-refractivity contribution in [2.45, 2.75) is 52.0 Å². The summed E-state index contributed by atoms with van der Waals surface area (Å²) in [6.07, 6.45) is 1.04. The lowest BCUT2D eigenvalue weighted by atomic mass is 9.84. The van der Waals surface area contributed by atoms with Crippen molar-refractivity contribution < 1.29 is 4.79 Å². The second kappa shape index (κ2) is 5.74. The van der Waals surface area contributed by atoms with E-state index in [0.29, 0.717) is 6.54 Å². The quantitative estimate of drug-likeness (QED) is 0.856. The highest BCUT2D eigenvalue weighted by molar-refractivity contribution is 5.85. The summed E-state index contributed by atoms with van der Waals surface area (Å²) in [5.74, 6) is -0.120. The van der Waals surface area contributed by atoms with Gasteiger partial charge in [0, 0.05) is 12.0 Å². The fourth-order valence-corrected chi connectivity index (χ4v) is 1.82. The molecule has 3 N–H and O–H groups in total. The smallest absolute Gasteiger partial charge is 0.239 e. The topological polar surface area (TPSA) is 55.1 Å². The third-order valence-electron chi connectivity index (χ3n) is 3.42. The van der Waals surface area contributed by atoms with Crippen LogP contribution < -0.4 is 11.1 Å². The van der Waals surface area contributed by atoms with Crippen LogP contribution in [0.25, 0.3) is 0 Å². The Morgan fingerprint density at radius 1 is 1.16 bits per heavy atom. The molecule has 0 atom stereocenters. The molecule has 0 saturated heterocycles. The summed E-state index contributed by atoms with van der Waals surface area (Å²) in [7, 11) is 0. The maximum atomic E-state index is 11.8. The largest absolute Gasteiger partial charge is 0.354 e. The van der Waals surface area contributed by atoms with E-state index in [2.05, 4.69) is 50.4 Å². The van der Waals surface area contributed by atoms with Gasteiger partial charge in [-0.05, 0) is 31.4 Å². The van der Waals surface area contributed by atoms with E-state index >= 15 is 0 Å². The minimum absolute atomic E-state index is 0.104. The fourth-order valence-electron chi connectivity index (χ4n) is 1.82. The number of carbonyl (C=O) groups excluding carboxylic acids is 1. The summed E-state index contributed by atoms with van der Waals surface area (Å²) in [5.41, 5.74) is 7.39. The molecule has 106 valence electrons. The lowest BCUT2D eigenvalue weighted by Crippen LogP contribution is -2.51. The van der Waals surface area contributed by atoms with Gasteiger partial charge in [-0.25, -0.2) is 0 Å². The number of aryl methyl sites for hydroxylation is 1. The predicted octanol–water partition coefficient (Wildman–Crippen LogP) is 2.38. The second-order valence-electron chi connectivity index (χ2n) is 6.34. The van der Waals surface area contributed by atoms with Gasteiger partial charge in [-0.15, -0.1) is 0 Å². The van der Waals surface area contributed by atoms with Crippen LogP contribution in [0.15, 0.2) is 24.3 Å². The fraction of sp³-hybridized carbons (Fsp3) is 0.562. The molecule has 19 heavy (non-hydrogen) atoms. The number of benzene rings is 1. The van der Waals surface area contributed by atoms with Crippen molar-refractivity contribution in [3.05, 3.63) is 35.4 Å². The Labute approximate surface area is 116 Å². The number of rotatable bonds is 5. The maximum Gasteiger partial charge on any atom is 0.239 e. The van der Waals surface area contributed by atoms with Crippen molar-refractivity contribution in [3.63, 3.8) is 0 Å². The van der Waals surface area contributed by atoms with E-state index in [1.807, 2.05) is 0 Å². The highest BCUT2D eigenvalue weighted by Gasteiger charge is 2.26. The summed E-state index contributed by atoms with van der Waals surface area (Å²) in [4.78, 5) is 11.8. The monoisotopic (exact) mass is 262 g/mol. The first-order valence-electron chi connectivity index (χ1n) is 6.83. The average Bonchev–Trinajstić information content (AvgIpc) is 2.35. The van der Waals surface area contributed by atoms with Gasteiger partial charge >= 0.3 is 0 Å². The Morgan fingerprint density at radius 2 is 1.68 bits per heavy atom. The van der Waals surface area contributed by atoms with Crippen LogP contribution in [0, 0.1) is 0 Å². The Bertz CT molecular complexity index is 427. The Balaban J connectivity index is 2.72. The third kappa shape index (κ3) is 4.35. The molecular weight excluding hydrogens is 236 g/mol. The van der Waals surface area contributed by atoms with Gasteiger partial charge in [0.2, 0.25) is 5.91 Å². The van der Waals surface area contributed by atoms with Crippen molar-refractivity contribution in [1.29, 1.82) is 0 Å². The van der Waals surface area contributed by atoms with Crippen molar-refractivity contribution in [2.75, 3.05) is 6.54 Å². The van der Waals surface area contributed by atoms with Gasteiger partial charge in [-0.3, -0.25) is 4.79 Å². The van der Waals surface area contributed by atoms with E-state index in [4.69, 9.17) is 5.73 Å². The number of carbonyl (C=O) groups is 1. The maximum absolute atomic E-state index is 11.8. The normalized spacial score (nSPS) is 12.3. The van der Waals surface area contributed by atoms with Crippen LogP contribution >= 0.6 is 0 Å². The van der Waals surface area contributed by atoms with Crippen molar-refractivity contribution in [1.82, 2.24) is 5.32 Å². The molecule has 0 heterocycles. The molecule has 1 aromatic carbocycles. The number of nitrogens with one attached hydrogen (secondary N) is 1. The second-order valence-corrected chi connectivity index (χ2v) is 6.34. The molecule has 0 aromatic heterocycles. The van der Waals surface area contributed by atoms with Gasteiger partial charge in [-0.1, -0.05) is 45.0 Å².